The Labute approximate surface area is 117 Å². The molecule has 98 valence electrons. The number of rotatable bonds is 6. The zero-order valence-corrected chi connectivity index (χ0v) is 11.4. The molecule has 1 heterocycles. The Morgan fingerprint density at radius 1 is 1.21 bits per heavy atom. The SMILES string of the molecule is N#CC(N)(CCSCc1ccco1)c1ccccc1. The Morgan fingerprint density at radius 2 is 2.00 bits per heavy atom. The van der Waals surface area contributed by atoms with Crippen LogP contribution in [0.25, 0.3) is 0 Å². The second kappa shape index (κ2) is 6.46. The Kier molecular flexibility index (Phi) is 4.67. The van der Waals surface area contributed by atoms with Crippen molar-refractivity contribution in [3.05, 3.63) is 60.1 Å². The zero-order valence-electron chi connectivity index (χ0n) is 10.6. The average molecular weight is 272 g/mol. The molecule has 0 aliphatic carbocycles. The van der Waals surface area contributed by atoms with Crippen LogP contribution in [0.15, 0.2) is 53.1 Å². The van der Waals surface area contributed by atoms with Gasteiger partial charge in [-0.2, -0.15) is 17.0 Å². The minimum atomic E-state index is -0.905. The molecular weight excluding hydrogens is 256 g/mol. The zero-order chi connectivity index (χ0) is 13.6. The number of benzene rings is 1. The Balaban J connectivity index is 1.88. The lowest BCUT2D eigenvalue weighted by molar-refractivity contribution is 0.529. The van der Waals surface area contributed by atoms with Gasteiger partial charge in [-0.3, -0.25) is 0 Å². The van der Waals surface area contributed by atoms with E-state index in [4.69, 9.17) is 10.2 Å². The van der Waals surface area contributed by atoms with E-state index in [0.717, 1.165) is 22.8 Å². The van der Waals surface area contributed by atoms with Crippen molar-refractivity contribution in [2.24, 2.45) is 5.73 Å². The molecule has 4 heteroatoms. The molecule has 0 fully saturated rings. The van der Waals surface area contributed by atoms with E-state index < -0.39 is 5.54 Å². The smallest absolute Gasteiger partial charge is 0.130 e. The highest BCUT2D eigenvalue weighted by Crippen LogP contribution is 2.24. The van der Waals surface area contributed by atoms with Crippen LogP contribution in [-0.2, 0) is 11.3 Å². The summed E-state index contributed by atoms with van der Waals surface area (Å²) in [6.07, 6.45) is 2.29. The van der Waals surface area contributed by atoms with E-state index in [9.17, 15) is 5.26 Å². The molecule has 0 spiro atoms. The molecule has 0 saturated heterocycles. The van der Waals surface area contributed by atoms with Gasteiger partial charge in [0.1, 0.15) is 11.3 Å². The molecule has 0 aliphatic rings. The number of thioether (sulfide) groups is 1. The first-order valence-corrected chi connectivity index (χ1v) is 7.26. The molecule has 2 rings (SSSR count). The lowest BCUT2D eigenvalue weighted by atomic mass is 9.90. The monoisotopic (exact) mass is 272 g/mol. The van der Waals surface area contributed by atoms with Crippen LogP contribution in [-0.4, -0.2) is 5.75 Å². The van der Waals surface area contributed by atoms with E-state index in [1.54, 1.807) is 18.0 Å². The van der Waals surface area contributed by atoms with Crippen molar-refractivity contribution in [3.63, 3.8) is 0 Å². The number of furan rings is 1. The lowest BCUT2D eigenvalue weighted by Crippen LogP contribution is -2.35. The van der Waals surface area contributed by atoms with Crippen LogP contribution in [0.4, 0.5) is 0 Å². The molecule has 0 radical (unpaired) electrons. The summed E-state index contributed by atoms with van der Waals surface area (Å²) in [5.74, 6) is 2.58. The molecule has 2 aromatic rings. The largest absolute Gasteiger partial charge is 0.468 e. The second-order valence-electron chi connectivity index (χ2n) is 4.33. The fourth-order valence-corrected chi connectivity index (χ4v) is 2.78. The van der Waals surface area contributed by atoms with Crippen molar-refractivity contribution in [1.82, 2.24) is 0 Å². The van der Waals surface area contributed by atoms with E-state index >= 15 is 0 Å². The van der Waals surface area contributed by atoms with Crippen LogP contribution in [0.1, 0.15) is 17.7 Å². The van der Waals surface area contributed by atoms with Gasteiger partial charge in [-0.15, -0.1) is 0 Å². The average Bonchev–Trinajstić information content (AvgIpc) is 2.97. The van der Waals surface area contributed by atoms with Gasteiger partial charge < -0.3 is 10.2 Å². The Hall–Kier alpha value is -1.70. The van der Waals surface area contributed by atoms with E-state index in [1.165, 1.54) is 0 Å². The molecule has 1 atom stereocenters. The van der Waals surface area contributed by atoms with Crippen molar-refractivity contribution in [3.8, 4) is 6.07 Å². The van der Waals surface area contributed by atoms with Gasteiger partial charge >= 0.3 is 0 Å². The molecule has 19 heavy (non-hydrogen) atoms. The molecule has 1 aromatic carbocycles. The first kappa shape index (κ1) is 13.7. The van der Waals surface area contributed by atoms with Gasteiger partial charge in [0.25, 0.3) is 0 Å². The summed E-state index contributed by atoms with van der Waals surface area (Å²) in [6.45, 7) is 0. The number of hydrogen-bond acceptors (Lipinski definition) is 4. The third-order valence-electron chi connectivity index (χ3n) is 2.95. The third kappa shape index (κ3) is 3.63. The number of nitrogens with zero attached hydrogens (tertiary/aromatic N) is 1. The Morgan fingerprint density at radius 3 is 2.63 bits per heavy atom. The van der Waals surface area contributed by atoms with E-state index in [-0.39, 0.29) is 0 Å². The molecule has 0 amide bonds. The predicted octanol–water partition coefficient (Wildman–Crippen LogP) is 3.28. The fraction of sp³-hybridized carbons (Fsp3) is 0.267. The van der Waals surface area contributed by atoms with Gasteiger partial charge in [0.2, 0.25) is 0 Å². The first-order valence-electron chi connectivity index (χ1n) is 6.10. The van der Waals surface area contributed by atoms with E-state index in [0.29, 0.717) is 6.42 Å². The first-order chi connectivity index (χ1) is 9.24. The van der Waals surface area contributed by atoms with Gasteiger partial charge in [-0.05, 0) is 29.9 Å². The molecule has 0 saturated carbocycles. The lowest BCUT2D eigenvalue weighted by Gasteiger charge is -2.21. The Bertz CT molecular complexity index is 533. The summed E-state index contributed by atoms with van der Waals surface area (Å²) in [5, 5.41) is 9.32. The summed E-state index contributed by atoms with van der Waals surface area (Å²) >= 11 is 1.72. The van der Waals surface area contributed by atoms with Crippen LogP contribution in [0.3, 0.4) is 0 Å². The van der Waals surface area contributed by atoms with Crippen molar-refractivity contribution in [2.75, 3.05) is 5.75 Å². The van der Waals surface area contributed by atoms with Crippen LogP contribution in [0.5, 0.6) is 0 Å². The highest BCUT2D eigenvalue weighted by atomic mass is 32.2. The molecule has 2 N–H and O–H groups in total. The molecule has 1 unspecified atom stereocenters. The van der Waals surface area contributed by atoms with Crippen molar-refractivity contribution in [2.45, 2.75) is 17.7 Å². The van der Waals surface area contributed by atoms with Gasteiger partial charge in [0.15, 0.2) is 0 Å². The number of hydrogen-bond donors (Lipinski definition) is 1. The standard InChI is InChI=1S/C15H16N2OS/c16-12-15(17,13-5-2-1-3-6-13)8-10-19-11-14-7-4-9-18-14/h1-7,9H,8,10-11,17H2. The molecule has 1 aromatic heterocycles. The highest BCUT2D eigenvalue weighted by molar-refractivity contribution is 7.98. The normalized spacial score (nSPS) is 13.7. The van der Waals surface area contributed by atoms with Gasteiger partial charge in [0.05, 0.1) is 18.1 Å². The maximum atomic E-state index is 9.32. The number of nitriles is 1. The van der Waals surface area contributed by atoms with Gasteiger partial charge in [-0.1, -0.05) is 30.3 Å². The maximum Gasteiger partial charge on any atom is 0.130 e. The number of nitrogens with two attached hydrogens (primary N) is 1. The minimum Gasteiger partial charge on any atom is -0.468 e. The summed E-state index contributed by atoms with van der Waals surface area (Å²) < 4.78 is 5.26. The molecule has 0 bridgehead atoms. The molecule has 3 nitrogen and oxygen atoms in total. The van der Waals surface area contributed by atoms with Gasteiger partial charge in [0, 0.05) is 0 Å². The van der Waals surface area contributed by atoms with Gasteiger partial charge in [-0.25, -0.2) is 0 Å². The van der Waals surface area contributed by atoms with Crippen molar-refractivity contribution >= 4 is 11.8 Å². The minimum absolute atomic E-state index is 0.624. The quantitative estimate of drug-likeness (QED) is 0.820. The summed E-state index contributed by atoms with van der Waals surface area (Å²) in [5.41, 5.74) is 6.15. The second-order valence-corrected chi connectivity index (χ2v) is 5.44. The summed E-state index contributed by atoms with van der Waals surface area (Å²) in [6, 6.07) is 15.6. The van der Waals surface area contributed by atoms with Crippen LogP contribution >= 0.6 is 11.8 Å². The van der Waals surface area contributed by atoms with Crippen LogP contribution < -0.4 is 5.73 Å². The third-order valence-corrected chi connectivity index (χ3v) is 3.94. The van der Waals surface area contributed by atoms with E-state index in [1.807, 2.05) is 42.5 Å². The summed E-state index contributed by atoms with van der Waals surface area (Å²) in [7, 11) is 0. The van der Waals surface area contributed by atoms with Crippen molar-refractivity contribution in [1.29, 1.82) is 5.26 Å². The fourth-order valence-electron chi connectivity index (χ4n) is 1.80. The topological polar surface area (TPSA) is 63.0 Å². The molecular formula is C15H16N2OS. The maximum absolute atomic E-state index is 9.32. The van der Waals surface area contributed by atoms with Crippen LogP contribution in [0, 0.1) is 11.3 Å². The summed E-state index contributed by atoms with van der Waals surface area (Å²) in [4.78, 5) is 0. The molecule has 0 aliphatic heterocycles. The van der Waals surface area contributed by atoms with Crippen LogP contribution in [0.2, 0.25) is 0 Å². The predicted molar refractivity (Wildman–Crippen MR) is 77.4 cm³/mol. The highest BCUT2D eigenvalue weighted by Gasteiger charge is 2.26. The van der Waals surface area contributed by atoms with E-state index in [2.05, 4.69) is 6.07 Å². The van der Waals surface area contributed by atoms with Crippen molar-refractivity contribution < 1.29 is 4.42 Å².